The molecule has 0 N–H and O–H groups in total. The molecule has 0 fully saturated rings. The predicted molar refractivity (Wildman–Crippen MR) is 99.5 cm³/mol. The van der Waals surface area contributed by atoms with E-state index < -0.39 is 14.3 Å². The number of ether oxygens (including phenoxy) is 1. The van der Waals surface area contributed by atoms with E-state index in [0.29, 0.717) is 0 Å². The molecule has 25 heavy (non-hydrogen) atoms. The summed E-state index contributed by atoms with van der Waals surface area (Å²) in [5.41, 5.74) is 0. The molecular weight excluding hydrogens is 412 g/mol. The summed E-state index contributed by atoms with van der Waals surface area (Å²) >= 11 is 3.48. The summed E-state index contributed by atoms with van der Waals surface area (Å²) in [7, 11) is -1.02. The Morgan fingerprint density at radius 3 is 1.76 bits per heavy atom. The molecular formula is C19H13BrF3OP. The Morgan fingerprint density at radius 2 is 1.28 bits per heavy atom. The van der Waals surface area contributed by atoms with Gasteiger partial charge in [-0.15, -0.1) is 13.2 Å². The number of benzene rings is 3. The normalized spacial score (nSPS) is 11.6. The first-order valence-electron chi connectivity index (χ1n) is 7.39. The van der Waals surface area contributed by atoms with Crippen LogP contribution in [0.2, 0.25) is 0 Å². The van der Waals surface area contributed by atoms with E-state index in [1.165, 1.54) is 12.1 Å². The minimum atomic E-state index is -4.71. The molecule has 0 bridgehead atoms. The smallest absolute Gasteiger partial charge is 0.406 e. The summed E-state index contributed by atoms with van der Waals surface area (Å²) in [6.45, 7) is 0. The second-order valence-corrected chi connectivity index (χ2v) is 8.21. The number of hydrogen-bond acceptors (Lipinski definition) is 1. The lowest BCUT2D eigenvalue weighted by Gasteiger charge is -2.21. The first kappa shape index (κ1) is 18.0. The molecule has 0 amide bonds. The third-order valence-electron chi connectivity index (χ3n) is 3.42. The Kier molecular flexibility index (Phi) is 5.45. The van der Waals surface area contributed by atoms with Crippen molar-refractivity contribution in [2.75, 3.05) is 0 Å². The van der Waals surface area contributed by atoms with Crippen LogP contribution in [-0.4, -0.2) is 6.36 Å². The van der Waals surface area contributed by atoms with E-state index in [9.17, 15) is 13.2 Å². The second-order valence-electron chi connectivity index (χ2n) is 5.17. The fraction of sp³-hybridized carbons (Fsp3) is 0.0526. The van der Waals surface area contributed by atoms with Crippen LogP contribution in [0.4, 0.5) is 13.2 Å². The lowest BCUT2D eigenvalue weighted by Crippen LogP contribution is -2.23. The van der Waals surface area contributed by atoms with Gasteiger partial charge in [-0.1, -0.05) is 76.6 Å². The maximum Gasteiger partial charge on any atom is 0.573 e. The molecule has 6 heteroatoms. The van der Waals surface area contributed by atoms with Gasteiger partial charge >= 0.3 is 6.36 Å². The van der Waals surface area contributed by atoms with Gasteiger partial charge in [0.2, 0.25) is 0 Å². The van der Waals surface area contributed by atoms with Crippen molar-refractivity contribution >= 4 is 39.8 Å². The zero-order valence-corrected chi connectivity index (χ0v) is 15.4. The number of hydrogen-bond donors (Lipinski definition) is 0. The minimum Gasteiger partial charge on any atom is -0.406 e. The minimum absolute atomic E-state index is 0.218. The topological polar surface area (TPSA) is 9.23 Å². The first-order valence-corrected chi connectivity index (χ1v) is 9.53. The van der Waals surface area contributed by atoms with Crippen LogP contribution in [-0.2, 0) is 0 Å². The van der Waals surface area contributed by atoms with Gasteiger partial charge in [0, 0.05) is 9.78 Å². The van der Waals surface area contributed by atoms with Crippen molar-refractivity contribution in [1.29, 1.82) is 0 Å². The van der Waals surface area contributed by atoms with E-state index in [2.05, 4.69) is 20.7 Å². The molecule has 1 nitrogen and oxygen atoms in total. The average molecular weight is 425 g/mol. The van der Waals surface area contributed by atoms with Crippen LogP contribution >= 0.6 is 23.9 Å². The molecule has 0 aliphatic carbocycles. The SMILES string of the molecule is FC(F)(F)Oc1ccc(Br)c(P(c2ccccc2)c2ccccc2)c1. The van der Waals surface area contributed by atoms with Gasteiger partial charge in [-0.05, 0) is 36.7 Å². The Labute approximate surface area is 153 Å². The van der Waals surface area contributed by atoms with Gasteiger partial charge in [0.25, 0.3) is 0 Å². The van der Waals surface area contributed by atoms with Gasteiger partial charge in [0.15, 0.2) is 0 Å². The van der Waals surface area contributed by atoms with Crippen molar-refractivity contribution in [1.82, 2.24) is 0 Å². The lowest BCUT2D eigenvalue weighted by molar-refractivity contribution is -0.274. The molecule has 0 aromatic heterocycles. The van der Waals surface area contributed by atoms with E-state index >= 15 is 0 Å². The van der Waals surface area contributed by atoms with Crippen LogP contribution < -0.4 is 20.7 Å². The molecule has 0 unspecified atom stereocenters. The summed E-state index contributed by atoms with van der Waals surface area (Å²) in [6, 6.07) is 23.9. The summed E-state index contributed by atoms with van der Waals surface area (Å²) in [5.74, 6) is -0.218. The molecule has 3 aromatic rings. The van der Waals surface area contributed by atoms with Gasteiger partial charge in [0.05, 0.1) is 0 Å². The first-order chi connectivity index (χ1) is 11.9. The highest BCUT2D eigenvalue weighted by Gasteiger charge is 2.31. The quantitative estimate of drug-likeness (QED) is 0.529. The molecule has 0 heterocycles. The fourth-order valence-electron chi connectivity index (χ4n) is 2.44. The largest absolute Gasteiger partial charge is 0.573 e. The summed E-state index contributed by atoms with van der Waals surface area (Å²) in [4.78, 5) is 0. The zero-order valence-electron chi connectivity index (χ0n) is 12.9. The van der Waals surface area contributed by atoms with Gasteiger partial charge in [-0.2, -0.15) is 0 Å². The van der Waals surface area contributed by atoms with E-state index in [1.807, 2.05) is 60.7 Å². The molecule has 0 aliphatic rings. The van der Waals surface area contributed by atoms with Gasteiger partial charge in [-0.25, -0.2) is 0 Å². The predicted octanol–water partition coefficient (Wildman–Crippen LogP) is 5.11. The standard InChI is InChI=1S/C19H13BrF3OP/c20-17-12-11-14(24-19(21,22)23)13-18(17)25(15-7-3-1-4-8-15)16-9-5-2-6-10-16/h1-13H. The van der Waals surface area contributed by atoms with E-state index in [0.717, 1.165) is 20.4 Å². The van der Waals surface area contributed by atoms with Gasteiger partial charge in [-0.3, -0.25) is 0 Å². The van der Waals surface area contributed by atoms with Gasteiger partial charge in [0.1, 0.15) is 5.75 Å². The molecule has 0 saturated carbocycles. The average Bonchev–Trinajstić information content (AvgIpc) is 2.59. The highest BCUT2D eigenvalue weighted by molar-refractivity contribution is 9.10. The molecule has 0 aliphatic heterocycles. The van der Waals surface area contributed by atoms with Crippen LogP contribution in [0.15, 0.2) is 83.3 Å². The summed E-state index contributed by atoms with van der Waals surface area (Å²) in [5, 5.41) is 2.87. The van der Waals surface area contributed by atoms with Crippen LogP contribution in [0.5, 0.6) is 5.75 Å². The van der Waals surface area contributed by atoms with Crippen molar-refractivity contribution in [2.45, 2.75) is 6.36 Å². The number of rotatable bonds is 4. The molecule has 0 radical (unpaired) electrons. The Hall–Kier alpha value is -1.84. The highest BCUT2D eigenvalue weighted by atomic mass is 79.9. The Bertz CT molecular complexity index is 799. The van der Waals surface area contributed by atoms with E-state index in [4.69, 9.17) is 0 Å². The van der Waals surface area contributed by atoms with Crippen molar-refractivity contribution < 1.29 is 17.9 Å². The van der Waals surface area contributed by atoms with Crippen LogP contribution in [0.25, 0.3) is 0 Å². The van der Waals surface area contributed by atoms with Crippen molar-refractivity contribution in [3.8, 4) is 5.75 Å². The third-order valence-corrected chi connectivity index (χ3v) is 6.90. The molecule has 0 spiro atoms. The second kappa shape index (κ2) is 7.59. The van der Waals surface area contributed by atoms with Crippen LogP contribution in [0, 0.1) is 0 Å². The maximum atomic E-state index is 12.6. The van der Waals surface area contributed by atoms with E-state index in [1.54, 1.807) is 6.07 Å². The monoisotopic (exact) mass is 424 g/mol. The van der Waals surface area contributed by atoms with Crippen molar-refractivity contribution in [3.05, 3.63) is 83.3 Å². The van der Waals surface area contributed by atoms with Gasteiger partial charge < -0.3 is 4.74 Å². The molecule has 3 rings (SSSR count). The molecule has 3 aromatic carbocycles. The summed E-state index contributed by atoms with van der Waals surface area (Å²) < 4.78 is 42.6. The van der Waals surface area contributed by atoms with Crippen molar-refractivity contribution in [2.24, 2.45) is 0 Å². The molecule has 0 saturated heterocycles. The molecule has 128 valence electrons. The number of halogens is 4. The van der Waals surface area contributed by atoms with Crippen LogP contribution in [0.1, 0.15) is 0 Å². The maximum absolute atomic E-state index is 12.6. The van der Waals surface area contributed by atoms with E-state index in [-0.39, 0.29) is 5.75 Å². The Balaban J connectivity index is 2.12. The highest BCUT2D eigenvalue weighted by Crippen LogP contribution is 2.37. The fourth-order valence-corrected chi connectivity index (χ4v) is 5.56. The van der Waals surface area contributed by atoms with Crippen molar-refractivity contribution in [3.63, 3.8) is 0 Å². The summed E-state index contributed by atoms with van der Waals surface area (Å²) in [6.07, 6.45) is -4.71. The zero-order chi connectivity index (χ0) is 17.9. The third kappa shape index (κ3) is 4.62. The lowest BCUT2D eigenvalue weighted by atomic mass is 10.3. The molecule has 0 atom stereocenters. The van der Waals surface area contributed by atoms with Crippen LogP contribution in [0.3, 0.4) is 0 Å². The Morgan fingerprint density at radius 1 is 0.760 bits per heavy atom. The number of alkyl halides is 3.